The zero-order valence-electron chi connectivity index (χ0n) is 14.4. The molecule has 0 saturated carbocycles. The van der Waals surface area contributed by atoms with Gasteiger partial charge in [0.15, 0.2) is 0 Å². The van der Waals surface area contributed by atoms with Crippen LogP contribution in [-0.2, 0) is 0 Å². The normalized spacial score (nSPS) is 12.7. The Bertz CT molecular complexity index is 345. The second kappa shape index (κ2) is 11.9. The molecule has 0 aliphatic heterocycles. The molecule has 0 aliphatic rings. The van der Waals surface area contributed by atoms with Gasteiger partial charge in [-0.2, -0.15) is 0 Å². The summed E-state index contributed by atoms with van der Waals surface area (Å²) in [5.41, 5.74) is 1.33. The molecule has 0 spiro atoms. The number of nitrogens with one attached hydrogen (secondary N) is 1. The van der Waals surface area contributed by atoms with Gasteiger partial charge in [-0.05, 0) is 26.5 Å². The Morgan fingerprint density at radius 1 is 0.952 bits per heavy atom. The number of hydrogen-bond acceptors (Lipinski definition) is 2. The fourth-order valence-corrected chi connectivity index (χ4v) is 3.05. The van der Waals surface area contributed by atoms with E-state index in [1.54, 1.807) is 6.26 Å². The molecule has 0 fully saturated rings. The first-order valence-electron chi connectivity index (χ1n) is 9.00. The van der Waals surface area contributed by atoms with E-state index in [0.29, 0.717) is 6.04 Å². The van der Waals surface area contributed by atoms with E-state index in [1.165, 1.54) is 76.2 Å². The van der Waals surface area contributed by atoms with Gasteiger partial charge in [-0.15, -0.1) is 0 Å². The van der Waals surface area contributed by atoms with Gasteiger partial charge in [-0.25, -0.2) is 0 Å². The first kappa shape index (κ1) is 18.3. The summed E-state index contributed by atoms with van der Waals surface area (Å²) in [6.07, 6.45) is 17.0. The Labute approximate surface area is 131 Å². The van der Waals surface area contributed by atoms with Crippen LogP contribution < -0.4 is 5.32 Å². The van der Waals surface area contributed by atoms with Gasteiger partial charge >= 0.3 is 0 Å². The van der Waals surface area contributed by atoms with Crippen LogP contribution in [0.1, 0.15) is 94.9 Å². The van der Waals surface area contributed by atoms with E-state index in [9.17, 15) is 0 Å². The zero-order valence-corrected chi connectivity index (χ0v) is 14.4. The fourth-order valence-electron chi connectivity index (χ4n) is 3.05. The first-order valence-corrected chi connectivity index (χ1v) is 9.00. The molecule has 1 heterocycles. The molecule has 0 bridgehead atoms. The van der Waals surface area contributed by atoms with Crippen LogP contribution >= 0.6 is 0 Å². The van der Waals surface area contributed by atoms with Crippen molar-refractivity contribution in [3.63, 3.8) is 0 Å². The monoisotopic (exact) mass is 293 g/mol. The average molecular weight is 293 g/mol. The first-order chi connectivity index (χ1) is 10.3. The molecule has 0 aromatic carbocycles. The largest absolute Gasteiger partial charge is 0.469 e. The Morgan fingerprint density at radius 3 is 2.00 bits per heavy atom. The molecular weight excluding hydrogens is 258 g/mol. The molecule has 1 aromatic heterocycles. The molecule has 2 heteroatoms. The summed E-state index contributed by atoms with van der Waals surface area (Å²) < 4.78 is 5.41. The highest BCUT2D eigenvalue weighted by atomic mass is 16.3. The van der Waals surface area contributed by atoms with E-state index in [4.69, 9.17) is 4.42 Å². The SMILES string of the molecule is CCCCCCCCCCCCC(NC)c1ccoc1C. The quantitative estimate of drug-likeness (QED) is 0.441. The van der Waals surface area contributed by atoms with Crippen LogP contribution in [0.5, 0.6) is 0 Å². The van der Waals surface area contributed by atoms with Crippen LogP contribution in [0, 0.1) is 6.92 Å². The van der Waals surface area contributed by atoms with E-state index >= 15 is 0 Å². The molecule has 1 aromatic rings. The fraction of sp³-hybridized carbons (Fsp3) is 0.789. The van der Waals surface area contributed by atoms with Crippen molar-refractivity contribution in [1.82, 2.24) is 5.32 Å². The molecule has 2 nitrogen and oxygen atoms in total. The maximum atomic E-state index is 5.41. The van der Waals surface area contributed by atoms with E-state index in [-0.39, 0.29) is 0 Å². The minimum Gasteiger partial charge on any atom is -0.469 e. The number of rotatable bonds is 13. The Balaban J connectivity index is 1.99. The third-order valence-electron chi connectivity index (χ3n) is 4.47. The summed E-state index contributed by atoms with van der Waals surface area (Å²) in [6.45, 7) is 4.33. The predicted octanol–water partition coefficient (Wildman–Crippen LogP) is 6.16. The average Bonchev–Trinajstić information content (AvgIpc) is 2.91. The van der Waals surface area contributed by atoms with E-state index < -0.39 is 0 Å². The Hall–Kier alpha value is -0.760. The summed E-state index contributed by atoms with van der Waals surface area (Å²) in [7, 11) is 2.05. The van der Waals surface area contributed by atoms with Crippen molar-refractivity contribution in [2.75, 3.05) is 7.05 Å². The smallest absolute Gasteiger partial charge is 0.105 e. The highest BCUT2D eigenvalue weighted by molar-refractivity contribution is 5.19. The van der Waals surface area contributed by atoms with Crippen molar-refractivity contribution in [1.29, 1.82) is 0 Å². The predicted molar refractivity (Wildman–Crippen MR) is 91.7 cm³/mol. The number of unbranched alkanes of at least 4 members (excludes halogenated alkanes) is 9. The van der Waals surface area contributed by atoms with Crippen molar-refractivity contribution < 1.29 is 4.42 Å². The van der Waals surface area contributed by atoms with Gasteiger partial charge in [-0.3, -0.25) is 0 Å². The molecule has 1 N–H and O–H groups in total. The van der Waals surface area contributed by atoms with E-state index in [2.05, 4.69) is 25.2 Å². The molecule has 21 heavy (non-hydrogen) atoms. The van der Waals surface area contributed by atoms with Crippen LogP contribution in [0.3, 0.4) is 0 Å². The van der Waals surface area contributed by atoms with Crippen LogP contribution in [0.15, 0.2) is 16.7 Å². The molecule has 1 rings (SSSR count). The second-order valence-corrected chi connectivity index (χ2v) is 6.24. The van der Waals surface area contributed by atoms with Gasteiger partial charge in [0.25, 0.3) is 0 Å². The Kier molecular flexibility index (Phi) is 10.3. The van der Waals surface area contributed by atoms with E-state index in [1.807, 2.05) is 7.05 Å². The second-order valence-electron chi connectivity index (χ2n) is 6.24. The lowest BCUT2D eigenvalue weighted by molar-refractivity contribution is 0.475. The highest BCUT2D eigenvalue weighted by Crippen LogP contribution is 2.23. The number of furan rings is 1. The zero-order chi connectivity index (χ0) is 15.3. The van der Waals surface area contributed by atoms with Crippen molar-refractivity contribution in [2.45, 2.75) is 90.5 Å². The maximum Gasteiger partial charge on any atom is 0.105 e. The summed E-state index contributed by atoms with van der Waals surface area (Å²) in [5.74, 6) is 1.06. The summed E-state index contributed by atoms with van der Waals surface area (Å²) in [5, 5.41) is 3.42. The lowest BCUT2D eigenvalue weighted by Crippen LogP contribution is -2.16. The number of hydrogen-bond donors (Lipinski definition) is 1. The molecule has 0 radical (unpaired) electrons. The summed E-state index contributed by atoms with van der Waals surface area (Å²) >= 11 is 0. The molecule has 0 amide bonds. The standard InChI is InChI=1S/C19H35NO/c1-4-5-6-7-8-9-10-11-12-13-14-19(20-3)18-15-16-21-17(18)2/h15-16,19-20H,4-14H2,1-3H3. The van der Waals surface area contributed by atoms with Crippen LogP contribution in [0.2, 0.25) is 0 Å². The highest BCUT2D eigenvalue weighted by Gasteiger charge is 2.13. The van der Waals surface area contributed by atoms with Crippen LogP contribution in [0.25, 0.3) is 0 Å². The minimum absolute atomic E-state index is 0.456. The van der Waals surface area contributed by atoms with Crippen LogP contribution in [0.4, 0.5) is 0 Å². The minimum atomic E-state index is 0.456. The van der Waals surface area contributed by atoms with Gasteiger partial charge < -0.3 is 9.73 Å². The van der Waals surface area contributed by atoms with Crippen molar-refractivity contribution in [3.8, 4) is 0 Å². The van der Waals surface area contributed by atoms with Gasteiger partial charge in [0.05, 0.1) is 6.26 Å². The third-order valence-corrected chi connectivity index (χ3v) is 4.47. The summed E-state index contributed by atoms with van der Waals surface area (Å²) in [4.78, 5) is 0. The van der Waals surface area contributed by atoms with E-state index in [0.717, 1.165) is 5.76 Å². The van der Waals surface area contributed by atoms with Gasteiger partial charge in [-0.1, -0.05) is 71.1 Å². The molecule has 0 saturated heterocycles. The molecule has 1 atom stereocenters. The van der Waals surface area contributed by atoms with Crippen molar-refractivity contribution in [2.24, 2.45) is 0 Å². The third kappa shape index (κ3) is 7.71. The van der Waals surface area contributed by atoms with Crippen LogP contribution in [-0.4, -0.2) is 7.05 Å². The lowest BCUT2D eigenvalue weighted by Gasteiger charge is -2.15. The van der Waals surface area contributed by atoms with Gasteiger partial charge in [0, 0.05) is 11.6 Å². The summed E-state index contributed by atoms with van der Waals surface area (Å²) in [6, 6.07) is 2.56. The van der Waals surface area contributed by atoms with Crippen molar-refractivity contribution >= 4 is 0 Å². The lowest BCUT2D eigenvalue weighted by atomic mass is 10.00. The maximum absolute atomic E-state index is 5.41. The van der Waals surface area contributed by atoms with Gasteiger partial charge in [0.2, 0.25) is 0 Å². The Morgan fingerprint density at radius 2 is 1.52 bits per heavy atom. The topological polar surface area (TPSA) is 25.2 Å². The van der Waals surface area contributed by atoms with Gasteiger partial charge in [0.1, 0.15) is 5.76 Å². The molecule has 0 aliphatic carbocycles. The van der Waals surface area contributed by atoms with Crippen molar-refractivity contribution in [3.05, 3.63) is 23.7 Å². The number of aryl methyl sites for hydroxylation is 1. The molecule has 122 valence electrons. The molecule has 1 unspecified atom stereocenters. The molecular formula is C19H35NO.